The van der Waals surface area contributed by atoms with Gasteiger partial charge in [-0.2, -0.15) is 0 Å². The molecule has 2 aromatic carbocycles. The second-order valence-electron chi connectivity index (χ2n) is 4.55. The van der Waals surface area contributed by atoms with Gasteiger partial charge in [-0.15, -0.1) is 0 Å². The molecule has 0 aliphatic heterocycles. The molecule has 2 rings (SSSR count). The number of carbonyl (C=O) groups excluding carboxylic acids is 1. The molecule has 0 aliphatic carbocycles. The molecule has 0 bridgehead atoms. The fourth-order valence-electron chi connectivity index (χ4n) is 1.68. The Labute approximate surface area is 158 Å². The van der Waals surface area contributed by atoms with Crippen LogP contribution >= 0.6 is 0 Å². The molecule has 0 amide bonds. The molecule has 2 aromatic rings. The first kappa shape index (κ1) is 22.9. The zero-order valence-corrected chi connectivity index (χ0v) is 13.0. The molecule has 0 aliphatic rings. The third kappa shape index (κ3) is 6.82. The van der Waals surface area contributed by atoms with Crippen molar-refractivity contribution in [3.8, 4) is 11.5 Å². The zero-order valence-electron chi connectivity index (χ0n) is 13.0. The van der Waals surface area contributed by atoms with Gasteiger partial charge in [0.15, 0.2) is 23.1 Å². The van der Waals surface area contributed by atoms with Gasteiger partial charge < -0.3 is 25.6 Å². The molecule has 5 N–H and O–H groups in total. The number of ether oxygens (including phenoxy) is 1. The fourth-order valence-corrected chi connectivity index (χ4v) is 1.68. The molecule has 9 nitrogen and oxygen atoms in total. The van der Waals surface area contributed by atoms with Gasteiger partial charge in [-0.25, -0.2) is 14.8 Å². The summed E-state index contributed by atoms with van der Waals surface area (Å²) in [6.45, 7) is 1.22. The Morgan fingerprint density at radius 2 is 1.46 bits per heavy atom. The van der Waals surface area contributed by atoms with E-state index in [9.17, 15) is 14.4 Å². The number of anilines is 1. The van der Waals surface area contributed by atoms with Crippen molar-refractivity contribution in [1.82, 2.24) is 0 Å². The number of nitrogens with two attached hydrogens (primary N) is 1. The first-order valence-electron chi connectivity index (χ1n) is 6.71. The van der Waals surface area contributed by atoms with Gasteiger partial charge in [-0.3, -0.25) is 4.79 Å². The molecule has 0 heterocycles. The number of rotatable bonds is 4. The second-order valence-corrected chi connectivity index (χ2v) is 4.55. The van der Waals surface area contributed by atoms with Crippen LogP contribution in [-0.4, -0.2) is 50.7 Å². The van der Waals surface area contributed by atoms with Gasteiger partial charge in [0.1, 0.15) is 16.9 Å². The minimum Gasteiger partial charge on any atom is -0.478 e. The summed E-state index contributed by atoms with van der Waals surface area (Å²) >= 11 is 0. The molecule has 0 spiro atoms. The Bertz CT molecular complexity index is 794. The van der Waals surface area contributed by atoms with Crippen LogP contribution in [0.2, 0.25) is 0 Å². The Kier molecular flexibility index (Phi) is 9.47. The van der Waals surface area contributed by atoms with Crippen LogP contribution in [0, 0.1) is 0 Å². The lowest BCUT2D eigenvalue weighted by Crippen LogP contribution is -2.06. The number of hydrogen-bond donors (Lipinski definition) is 4. The highest BCUT2D eigenvalue weighted by atomic mass is 27.0. The maximum absolute atomic E-state index is 10.6. The minimum absolute atomic E-state index is 0. The monoisotopic (exact) mass is 379 g/mol. The topological polar surface area (TPSA) is 156 Å². The largest absolute Gasteiger partial charge is 0.478 e. The van der Waals surface area contributed by atoms with Crippen molar-refractivity contribution in [2.75, 3.05) is 5.73 Å². The molecule has 0 unspecified atom stereocenters. The summed E-state index contributed by atoms with van der Waals surface area (Å²) in [5.41, 5.74) is 5.49. The van der Waals surface area contributed by atoms with E-state index < -0.39 is 17.9 Å². The molecule has 0 saturated heterocycles. The SMILES string of the molecule is CC(=O)Oc1ccccc1C(=O)O.Nc1ccc(C(=O)O)c(OO)c1.[AlH3]. The first-order valence-corrected chi connectivity index (χ1v) is 6.71. The van der Waals surface area contributed by atoms with E-state index in [2.05, 4.69) is 9.62 Å². The number of esters is 1. The molecule has 0 fully saturated rings. The standard InChI is InChI=1S/C9H8O4.C7H7NO4.Al.3H/c1-6(10)13-8-5-3-2-4-7(8)9(11)12;8-4-1-2-5(7(9)10)6(3-4)12-11;;;;/h2-5H,1H3,(H,11,12);1-3,11H,8H2,(H,9,10);;;;. The molecular formula is C16H18AlNO8. The third-order valence-electron chi connectivity index (χ3n) is 2.71. The number of aromatic carboxylic acids is 2. The van der Waals surface area contributed by atoms with Gasteiger partial charge in [0, 0.05) is 18.7 Å². The summed E-state index contributed by atoms with van der Waals surface area (Å²) in [5, 5.41) is 25.5. The number of benzene rings is 2. The molecule has 0 saturated carbocycles. The van der Waals surface area contributed by atoms with E-state index in [1.807, 2.05) is 0 Å². The Morgan fingerprint density at radius 1 is 0.923 bits per heavy atom. The van der Waals surface area contributed by atoms with Crippen molar-refractivity contribution in [2.45, 2.75) is 6.92 Å². The van der Waals surface area contributed by atoms with Crippen LogP contribution in [0.1, 0.15) is 27.6 Å². The van der Waals surface area contributed by atoms with Crippen molar-refractivity contribution in [2.24, 2.45) is 0 Å². The lowest BCUT2D eigenvalue weighted by atomic mass is 10.2. The normalized spacial score (nSPS) is 9.00. The van der Waals surface area contributed by atoms with Crippen LogP contribution in [-0.2, 0) is 4.79 Å². The summed E-state index contributed by atoms with van der Waals surface area (Å²) in [4.78, 5) is 35.5. The average Bonchev–Trinajstić information content (AvgIpc) is 2.54. The Hall–Kier alpha value is -3.06. The predicted molar refractivity (Wildman–Crippen MR) is 95.7 cm³/mol. The second kappa shape index (κ2) is 10.7. The number of nitrogen functional groups attached to an aromatic ring is 1. The van der Waals surface area contributed by atoms with E-state index in [4.69, 9.17) is 21.2 Å². The highest BCUT2D eigenvalue weighted by molar-refractivity contribution is 5.92. The Balaban J connectivity index is 0.000000464. The van der Waals surface area contributed by atoms with Crippen LogP contribution < -0.4 is 15.4 Å². The van der Waals surface area contributed by atoms with Gasteiger partial charge in [-0.05, 0) is 24.3 Å². The van der Waals surface area contributed by atoms with Crippen LogP contribution in [0.3, 0.4) is 0 Å². The van der Waals surface area contributed by atoms with Gasteiger partial charge >= 0.3 is 17.9 Å². The quantitative estimate of drug-likeness (QED) is 0.152. The van der Waals surface area contributed by atoms with Gasteiger partial charge in [0.25, 0.3) is 0 Å². The fraction of sp³-hybridized carbons (Fsp3) is 0.0625. The van der Waals surface area contributed by atoms with E-state index in [0.717, 1.165) is 0 Å². The zero-order chi connectivity index (χ0) is 19.0. The highest BCUT2D eigenvalue weighted by Gasteiger charge is 2.11. The van der Waals surface area contributed by atoms with Crippen molar-refractivity contribution in [3.05, 3.63) is 53.6 Å². The summed E-state index contributed by atoms with van der Waals surface area (Å²) < 4.78 is 4.69. The highest BCUT2D eigenvalue weighted by Crippen LogP contribution is 2.21. The smallest absolute Gasteiger partial charge is 0.339 e. The van der Waals surface area contributed by atoms with Crippen LogP contribution in [0.25, 0.3) is 0 Å². The maximum atomic E-state index is 10.6. The summed E-state index contributed by atoms with van der Waals surface area (Å²) in [6, 6.07) is 9.87. The maximum Gasteiger partial charge on any atom is 0.339 e. The van der Waals surface area contributed by atoms with Crippen molar-refractivity contribution in [1.29, 1.82) is 0 Å². The molecule has 10 heteroatoms. The summed E-state index contributed by atoms with van der Waals surface area (Å²) in [7, 11) is 0. The van der Waals surface area contributed by atoms with Crippen LogP contribution in [0.15, 0.2) is 42.5 Å². The van der Waals surface area contributed by atoms with Crippen molar-refractivity contribution >= 4 is 41.0 Å². The molecule has 138 valence electrons. The predicted octanol–water partition coefficient (Wildman–Crippen LogP) is 0.945. The molecular weight excluding hydrogens is 361 g/mol. The number of carboxylic acids is 2. The van der Waals surface area contributed by atoms with Gasteiger partial charge in [-0.1, -0.05) is 12.1 Å². The average molecular weight is 379 g/mol. The van der Waals surface area contributed by atoms with E-state index in [1.54, 1.807) is 12.1 Å². The molecule has 0 atom stereocenters. The lowest BCUT2D eigenvalue weighted by Gasteiger charge is -2.03. The van der Waals surface area contributed by atoms with Gasteiger partial charge in [0.05, 0.1) is 0 Å². The van der Waals surface area contributed by atoms with E-state index in [1.165, 1.54) is 37.3 Å². The van der Waals surface area contributed by atoms with E-state index in [-0.39, 0.29) is 40.0 Å². The third-order valence-corrected chi connectivity index (χ3v) is 2.71. The van der Waals surface area contributed by atoms with Gasteiger partial charge in [0.2, 0.25) is 0 Å². The van der Waals surface area contributed by atoms with Crippen LogP contribution in [0.5, 0.6) is 11.5 Å². The first-order chi connectivity index (χ1) is 11.8. The van der Waals surface area contributed by atoms with Crippen LogP contribution in [0.4, 0.5) is 5.69 Å². The van der Waals surface area contributed by atoms with E-state index >= 15 is 0 Å². The number of carboxylic acid groups (broad SMARTS) is 2. The number of hydrogen-bond acceptors (Lipinski definition) is 7. The Morgan fingerprint density at radius 3 is 1.96 bits per heavy atom. The summed E-state index contributed by atoms with van der Waals surface area (Å²) in [6.07, 6.45) is 0. The molecule has 26 heavy (non-hydrogen) atoms. The number of carbonyl (C=O) groups is 3. The lowest BCUT2D eigenvalue weighted by molar-refractivity contribution is -0.138. The van der Waals surface area contributed by atoms with E-state index in [0.29, 0.717) is 5.69 Å². The van der Waals surface area contributed by atoms with Crippen molar-refractivity contribution in [3.63, 3.8) is 0 Å². The minimum atomic E-state index is -1.18. The number of para-hydroxylation sites is 1. The molecule has 0 radical (unpaired) electrons. The van der Waals surface area contributed by atoms with Crippen molar-refractivity contribution < 1.29 is 39.5 Å². The molecule has 0 aromatic heterocycles. The summed E-state index contributed by atoms with van der Waals surface area (Å²) in [5.74, 6) is -2.92.